The van der Waals surface area contributed by atoms with E-state index in [4.69, 9.17) is 73.1 Å². The van der Waals surface area contributed by atoms with E-state index in [9.17, 15) is 77.4 Å². The minimum absolute atomic E-state index is 0. The van der Waals surface area contributed by atoms with Gasteiger partial charge in [0, 0.05) is 164 Å². The van der Waals surface area contributed by atoms with Crippen molar-refractivity contribution in [2.45, 2.75) is 95.1 Å². The highest BCUT2D eigenvalue weighted by atomic mass is 35.7. The number of carbonyl (C=O) groups is 6. The second-order valence-corrected chi connectivity index (χ2v) is 28.6. The quantitative estimate of drug-likeness (QED) is 0.0229. The number of likely N-dealkylation sites (tertiary alicyclic amines) is 3. The number of aryl methyl sites for hydroxylation is 4. The fourth-order valence-corrected chi connectivity index (χ4v) is 13.8. The van der Waals surface area contributed by atoms with E-state index < -0.39 is 156 Å². The Labute approximate surface area is 581 Å². The zero-order valence-corrected chi connectivity index (χ0v) is 57.0. The molecule has 6 unspecified atom stereocenters. The molecule has 38 heteroatoms. The third-order valence-electron chi connectivity index (χ3n) is 15.4. The molecule has 3 aromatic heterocycles. The van der Waals surface area contributed by atoms with Crippen molar-refractivity contribution < 1.29 is 145 Å². The van der Waals surface area contributed by atoms with Crippen LogP contribution in [0.3, 0.4) is 0 Å². The molecule has 4 amide bonds. The third-order valence-corrected chi connectivity index (χ3v) is 19.6. The van der Waals surface area contributed by atoms with Gasteiger partial charge >= 0.3 is 30.2 Å². The molecule has 0 aliphatic carbocycles. The van der Waals surface area contributed by atoms with Crippen molar-refractivity contribution in [2.75, 3.05) is 97.4 Å². The number of nitrogens with one attached hydrogen (secondary N) is 3. The number of amides is 4. The van der Waals surface area contributed by atoms with Gasteiger partial charge in [-0.15, -0.1) is 0 Å². The van der Waals surface area contributed by atoms with Gasteiger partial charge in [-0.05, 0) is 65.3 Å². The van der Waals surface area contributed by atoms with Crippen molar-refractivity contribution in [3.05, 3.63) is 82.7 Å². The average Bonchev–Trinajstić information content (AvgIpc) is 1.62. The summed E-state index contributed by atoms with van der Waals surface area (Å²) in [4.78, 5) is 73.2. The number of halogens is 5. The van der Waals surface area contributed by atoms with Crippen LogP contribution >= 0.6 is 10.7 Å². The van der Waals surface area contributed by atoms with Gasteiger partial charge in [-0.1, -0.05) is 20.8 Å². The molecule has 7 rings (SSSR count). The lowest BCUT2D eigenvalue weighted by atomic mass is 9.87. The summed E-state index contributed by atoms with van der Waals surface area (Å²) < 4.78 is 273. The molecule has 8 N–H and O–H groups in total. The number of esters is 2. The van der Waals surface area contributed by atoms with Crippen LogP contribution in [0.25, 0.3) is 0 Å². The highest BCUT2D eigenvalue weighted by Gasteiger charge is 2.49. The average molecular weight is 1470 g/mol. The van der Waals surface area contributed by atoms with Crippen LogP contribution in [0.2, 0.25) is 0 Å². The zero-order valence-electron chi connectivity index (χ0n) is 75.8. The molecule has 94 heavy (non-hydrogen) atoms. The maximum atomic E-state index is 15.2. The number of rotatable bonds is 19. The normalized spacial score (nSPS) is 22.0. The van der Waals surface area contributed by atoms with Crippen molar-refractivity contribution in [3.8, 4) is 0 Å². The SMILES string of the molecule is CCOC(=O)N1CC(N)C(C)(CO)C1.CCOC(=O)N1CC(NS(=O)(=O)c2cn(C)c(C(=O)Nc3ccc(F)c(C)c3)c2F)C(C)(CO)C1.CCOC(=O)c1c(F)c(S(=O)(=O)Cl)cn1C.CCOC(=O)c1c(F)c(S(=O)(=O)NC2CN(C(=O)OCC)CC2(C)CO)cn1C.[2HH].[2H][2H].[2H][2H].[2H][2H].[2H][2H].[2H][2H].[2H][2H].[2H][2H].[2H][2H].[2H][2H].[2H][2H].[2H][2H]. The fraction of sp³-hybridized carbons (Fsp3) is 0.571. The first-order chi connectivity index (χ1) is 54.6. The van der Waals surface area contributed by atoms with Crippen LogP contribution in [0.15, 0.2) is 51.5 Å². The summed E-state index contributed by atoms with van der Waals surface area (Å²) in [5.74, 6) is -7.02. The van der Waals surface area contributed by atoms with Crippen molar-refractivity contribution in [1.29, 1.82) is 0 Å². The first-order valence-electron chi connectivity index (χ1n) is 39.9. The predicted octanol–water partition coefficient (Wildman–Crippen LogP) is 6.44. The molecule has 0 bridgehead atoms. The number of hydrogen-bond donors (Lipinski definition) is 7. The number of ether oxygens (including phenoxy) is 5. The predicted molar refractivity (Wildman–Crippen MR) is 353 cm³/mol. The van der Waals surface area contributed by atoms with Gasteiger partial charge in [-0.2, -0.15) is 0 Å². The van der Waals surface area contributed by atoms with E-state index >= 15 is 4.39 Å². The minimum Gasteiger partial charge on any atom is -0.461 e. The largest absolute Gasteiger partial charge is 0.461 e. The molecular weight excluding hydrogens is 1340 g/mol. The van der Waals surface area contributed by atoms with Crippen LogP contribution in [0.4, 0.5) is 37.6 Å². The summed E-state index contributed by atoms with van der Waals surface area (Å²) in [6.07, 6.45) is 1.21. The number of hydrogen-bond acceptors (Lipinski definition) is 21. The van der Waals surface area contributed by atoms with Crippen LogP contribution in [0, 0.1) is 46.4 Å². The molecule has 1 aromatic carbocycles. The molecule has 6 atom stereocenters. The van der Waals surface area contributed by atoms with Crippen LogP contribution in [-0.2, 0) is 73.9 Å². The maximum Gasteiger partial charge on any atom is 0.409 e. The Morgan fingerprint density at radius 1 is 0.585 bits per heavy atom. The van der Waals surface area contributed by atoms with E-state index in [0.29, 0.717) is 19.7 Å². The van der Waals surface area contributed by atoms with Crippen molar-refractivity contribution in [2.24, 2.45) is 43.1 Å². The smallest absolute Gasteiger partial charge is 0.409 e. The van der Waals surface area contributed by atoms with Crippen molar-refractivity contribution >= 4 is 81.6 Å². The first-order valence-corrected chi connectivity index (χ1v) is 34.2. The summed E-state index contributed by atoms with van der Waals surface area (Å²) >= 11 is 0. The van der Waals surface area contributed by atoms with Crippen LogP contribution in [-0.4, -0.2) is 215 Å². The molecule has 3 saturated heterocycles. The molecule has 6 heterocycles. The number of nitrogens with two attached hydrogens (primary N) is 1. The van der Waals surface area contributed by atoms with Crippen molar-refractivity contribution in [3.63, 3.8) is 0 Å². The maximum absolute atomic E-state index is 15.2. The Kier molecular flexibility index (Phi) is 21.8. The van der Waals surface area contributed by atoms with E-state index in [1.54, 1.807) is 53.4 Å². The molecule has 3 aliphatic rings. The number of aliphatic hydroxyl groups excluding tert-OH is 3. The van der Waals surface area contributed by atoms with Crippen LogP contribution < -0.4 is 20.5 Å². The van der Waals surface area contributed by atoms with Crippen LogP contribution in [0.1, 0.15) is 127 Å². The number of sulfonamides is 2. The Balaban J connectivity index is -0.000000182. The Hall–Kier alpha value is -7.10. The zero-order chi connectivity index (χ0) is 93.4. The number of anilines is 1. The lowest BCUT2D eigenvalue weighted by Gasteiger charge is -2.28. The standard InChI is InChI=1S/C22H28F2N4O6S.C17H26FN3O7S.C9H18N2O3.C8H9ClFNO4S.12H2/c1-5-34-21(31)28-10-17(22(3,11-28)12-29)26-35(32,33)16-9-27(4)19(18(16)24)20(30)25-14-6-7-15(23)13(2)8-14;1-5-27-15(23)14-13(18)11(7-20(14)4)29(25,26)19-12-8-21(16(24)28-6-2)9-17(12,3)10-22;1-3-14-8(13)11-4-7(10)9(2,5-11)6-12;1-3-15-8(12)7-6(10)5(4-11(7)2)16(9,13)14;;;;;;;;;;;;/h6-9,17,26,29H,5,10-12H2,1-4H3,(H,25,30);7,12,19,22H,5-6,8-10H2,1-4H3;7,12H,3-6,10H2,1-2H3;4H,3H2,1-2H3;12*1H/i;;;;11*1+1D;1+1. The van der Waals surface area contributed by atoms with Gasteiger partial charge in [0.05, 0.1) is 52.9 Å². The molecule has 0 radical (unpaired) electrons. The number of aliphatic hydroxyl groups is 3. The molecular formula is C56H105ClF4N10O20S3. The van der Waals surface area contributed by atoms with Crippen molar-refractivity contribution in [1.82, 2.24) is 37.8 Å². The topological polar surface area (TPSA) is 398 Å². The molecule has 0 saturated carbocycles. The molecule has 552 valence electrons. The van der Waals surface area contributed by atoms with E-state index in [1.807, 2.05) is 6.92 Å². The second-order valence-electron chi connectivity index (χ2n) is 22.7. The third kappa shape index (κ3) is 18.7. The highest BCUT2D eigenvalue weighted by Crippen LogP contribution is 2.35. The molecule has 0 spiro atoms. The Morgan fingerprint density at radius 3 is 1.27 bits per heavy atom. The number of benzene rings is 1. The fourth-order valence-electron chi connectivity index (χ4n) is 9.88. The van der Waals surface area contributed by atoms with Gasteiger partial charge in [0.2, 0.25) is 20.0 Å². The van der Waals surface area contributed by atoms with E-state index in [1.165, 1.54) is 50.0 Å². The van der Waals surface area contributed by atoms with E-state index in [2.05, 4.69) is 19.5 Å². The number of carbonyl (C=O) groups excluding carboxylic acids is 6. The van der Waals surface area contributed by atoms with Gasteiger partial charge in [0.15, 0.2) is 28.8 Å². The Bertz CT molecular complexity index is 3850. The minimum atomic E-state index is -4.50. The van der Waals surface area contributed by atoms with Gasteiger partial charge in [-0.25, -0.2) is 76.2 Å². The van der Waals surface area contributed by atoms with Gasteiger partial charge < -0.3 is 78.5 Å². The van der Waals surface area contributed by atoms with E-state index in [0.717, 1.165) is 38.4 Å². The summed E-state index contributed by atoms with van der Waals surface area (Å²) in [6, 6.07) is 1.78. The van der Waals surface area contributed by atoms with Gasteiger partial charge in [0.1, 0.15) is 26.2 Å². The highest BCUT2D eigenvalue weighted by molar-refractivity contribution is 8.13. The summed E-state index contributed by atoms with van der Waals surface area (Å²) in [5.41, 5.74) is 2.33. The van der Waals surface area contributed by atoms with Gasteiger partial charge in [0.25, 0.3) is 15.0 Å². The molecule has 3 aliphatic heterocycles. The first kappa shape index (κ1) is 63.0. The van der Waals surface area contributed by atoms with Gasteiger partial charge in [-0.3, -0.25) is 4.79 Å². The lowest BCUT2D eigenvalue weighted by Crippen LogP contribution is -2.47. The summed E-state index contributed by atoms with van der Waals surface area (Å²) in [5, 5.41) is 31.2. The number of aromatic nitrogens is 3. The molecule has 3 fully saturated rings. The second kappa shape index (κ2) is 32.6. The number of nitrogens with zero attached hydrogens (tertiary/aromatic N) is 6. The molecule has 30 nitrogen and oxygen atoms in total. The Morgan fingerprint density at radius 2 is 0.926 bits per heavy atom. The van der Waals surface area contributed by atoms with E-state index in [-0.39, 0.29) is 84.0 Å². The summed E-state index contributed by atoms with van der Waals surface area (Å²) in [7, 11) is -4.18. The monoisotopic (exact) mass is 1470 g/mol. The molecule has 4 aromatic rings. The van der Waals surface area contributed by atoms with Crippen LogP contribution in [0.5, 0.6) is 0 Å². The summed E-state index contributed by atoms with van der Waals surface area (Å²) in [6.45, 7) is 15.4. The lowest BCUT2D eigenvalue weighted by molar-refractivity contribution is 0.0499.